The topological polar surface area (TPSA) is 52.7 Å². The van der Waals surface area contributed by atoms with Crippen molar-refractivity contribution >= 4 is 41.0 Å². The molecule has 152 valence electrons. The van der Waals surface area contributed by atoms with E-state index in [1.807, 2.05) is 4.90 Å². The molecule has 2 fully saturated rings. The van der Waals surface area contributed by atoms with E-state index in [1.165, 1.54) is 12.1 Å². The first-order valence-corrected chi connectivity index (χ1v) is 10.9. The third-order valence-corrected chi connectivity index (χ3v) is 7.19. The van der Waals surface area contributed by atoms with Gasteiger partial charge in [0.25, 0.3) is 5.91 Å². The normalized spacial score (nSPS) is 18.1. The lowest BCUT2D eigenvalue weighted by molar-refractivity contribution is 0.0585. The summed E-state index contributed by atoms with van der Waals surface area (Å²) in [5, 5.41) is 3.28. The Kier molecular flexibility index (Phi) is 5.69. The molecule has 2 aromatic rings. The number of benzene rings is 2. The van der Waals surface area contributed by atoms with Crippen LogP contribution in [0.2, 0.25) is 5.02 Å². The van der Waals surface area contributed by atoms with Gasteiger partial charge in [-0.1, -0.05) is 23.7 Å². The van der Waals surface area contributed by atoms with Crippen molar-refractivity contribution in [3.05, 3.63) is 64.9 Å². The second kappa shape index (κ2) is 8.24. The number of hydrogen-bond donors (Lipinski definition) is 1. The van der Waals surface area contributed by atoms with E-state index >= 15 is 0 Å². The van der Waals surface area contributed by atoms with Gasteiger partial charge < -0.3 is 15.1 Å². The first-order chi connectivity index (χ1) is 14.0. The number of anilines is 1. The summed E-state index contributed by atoms with van der Waals surface area (Å²) in [4.78, 5) is 29.0. The third kappa shape index (κ3) is 4.21. The lowest BCUT2D eigenvalue weighted by atomic mass is 10.0. The van der Waals surface area contributed by atoms with E-state index < -0.39 is 5.82 Å². The van der Waals surface area contributed by atoms with Gasteiger partial charge in [-0.05, 0) is 49.2 Å². The number of thioether (sulfide) groups is 1. The Morgan fingerprint density at radius 1 is 1.07 bits per heavy atom. The molecule has 0 aliphatic carbocycles. The molecule has 0 radical (unpaired) electrons. The number of carbonyl (C=O) groups is 2. The Hall–Kier alpha value is -2.25. The van der Waals surface area contributed by atoms with E-state index in [-0.39, 0.29) is 16.8 Å². The number of rotatable bonds is 2. The Labute approximate surface area is 178 Å². The zero-order chi connectivity index (χ0) is 20.4. The average Bonchev–Trinajstić information content (AvgIpc) is 3.11. The predicted octanol–water partition coefficient (Wildman–Crippen LogP) is 4.69. The number of halogens is 2. The molecule has 0 saturated carbocycles. The Morgan fingerprint density at radius 3 is 2.55 bits per heavy atom. The van der Waals surface area contributed by atoms with E-state index in [0.717, 1.165) is 5.75 Å². The van der Waals surface area contributed by atoms with Crippen LogP contribution in [0.1, 0.15) is 23.2 Å². The molecule has 2 saturated heterocycles. The fourth-order valence-corrected chi connectivity index (χ4v) is 5.56. The van der Waals surface area contributed by atoms with Gasteiger partial charge >= 0.3 is 6.03 Å². The van der Waals surface area contributed by atoms with E-state index in [1.54, 1.807) is 53.1 Å². The minimum atomic E-state index is -0.391. The summed E-state index contributed by atoms with van der Waals surface area (Å²) in [7, 11) is 0. The highest BCUT2D eigenvalue weighted by atomic mass is 35.5. The first-order valence-electron chi connectivity index (χ1n) is 9.50. The van der Waals surface area contributed by atoms with Crippen LogP contribution in [0.3, 0.4) is 0 Å². The smallest absolute Gasteiger partial charge is 0.321 e. The molecule has 1 spiro atoms. The maximum atomic E-state index is 13.3. The molecule has 0 atom stereocenters. The monoisotopic (exact) mass is 433 g/mol. The minimum Gasteiger partial charge on any atom is -0.324 e. The SMILES string of the molecule is O=C(Nc1cccc(F)c1)N1CCC2(CC1)SCCN2C(=O)c1cccc(Cl)c1. The number of nitrogens with zero attached hydrogens (tertiary/aromatic N) is 2. The summed E-state index contributed by atoms with van der Waals surface area (Å²) in [6.45, 7) is 1.76. The molecular formula is C21H21ClFN3O2S. The molecule has 2 aliphatic heterocycles. The number of amides is 3. The van der Waals surface area contributed by atoms with Crippen molar-refractivity contribution in [2.75, 3.05) is 30.7 Å². The fraction of sp³-hybridized carbons (Fsp3) is 0.333. The van der Waals surface area contributed by atoms with Crippen LogP contribution in [-0.2, 0) is 0 Å². The van der Waals surface area contributed by atoms with Crippen molar-refractivity contribution < 1.29 is 14.0 Å². The Morgan fingerprint density at radius 2 is 1.83 bits per heavy atom. The molecule has 0 aromatic heterocycles. The molecule has 3 amide bonds. The van der Waals surface area contributed by atoms with Crippen LogP contribution in [-0.4, -0.2) is 52.0 Å². The summed E-state index contributed by atoms with van der Waals surface area (Å²) < 4.78 is 13.3. The van der Waals surface area contributed by atoms with Gasteiger partial charge in [0.2, 0.25) is 0 Å². The van der Waals surface area contributed by atoms with E-state index in [0.29, 0.717) is 48.7 Å². The number of carbonyl (C=O) groups excluding carboxylic acids is 2. The first kappa shape index (κ1) is 20.0. The average molecular weight is 434 g/mol. The van der Waals surface area contributed by atoms with E-state index in [2.05, 4.69) is 5.32 Å². The van der Waals surface area contributed by atoms with Crippen molar-refractivity contribution in [2.45, 2.75) is 17.7 Å². The molecule has 0 unspecified atom stereocenters. The molecule has 1 N–H and O–H groups in total. The Bertz CT molecular complexity index is 934. The quantitative estimate of drug-likeness (QED) is 0.747. The maximum absolute atomic E-state index is 13.3. The zero-order valence-electron chi connectivity index (χ0n) is 15.7. The van der Waals surface area contributed by atoms with Gasteiger partial charge in [-0.3, -0.25) is 4.79 Å². The van der Waals surface area contributed by atoms with Gasteiger partial charge in [-0.2, -0.15) is 0 Å². The van der Waals surface area contributed by atoms with Crippen LogP contribution in [0.15, 0.2) is 48.5 Å². The second-order valence-electron chi connectivity index (χ2n) is 7.19. The molecule has 2 aliphatic rings. The Balaban J connectivity index is 1.42. The summed E-state index contributed by atoms with van der Waals surface area (Å²) in [6, 6.07) is 12.6. The van der Waals surface area contributed by atoms with Crippen LogP contribution in [0.25, 0.3) is 0 Å². The highest BCUT2D eigenvalue weighted by molar-refractivity contribution is 8.00. The third-order valence-electron chi connectivity index (χ3n) is 5.40. The van der Waals surface area contributed by atoms with Gasteiger partial charge in [0, 0.05) is 41.7 Å². The molecule has 4 rings (SSSR count). The molecule has 8 heteroatoms. The predicted molar refractivity (Wildman–Crippen MR) is 114 cm³/mol. The van der Waals surface area contributed by atoms with Crippen molar-refractivity contribution in [1.29, 1.82) is 0 Å². The van der Waals surface area contributed by atoms with Gasteiger partial charge in [0.1, 0.15) is 5.82 Å². The second-order valence-corrected chi connectivity index (χ2v) is 9.08. The van der Waals surface area contributed by atoms with Gasteiger partial charge in [-0.15, -0.1) is 11.8 Å². The van der Waals surface area contributed by atoms with Crippen molar-refractivity contribution in [2.24, 2.45) is 0 Å². The van der Waals surface area contributed by atoms with Crippen molar-refractivity contribution in [3.63, 3.8) is 0 Å². The van der Waals surface area contributed by atoms with Crippen molar-refractivity contribution in [1.82, 2.24) is 9.80 Å². The summed E-state index contributed by atoms with van der Waals surface area (Å²) in [5.41, 5.74) is 1.02. The highest BCUT2D eigenvalue weighted by Crippen LogP contribution is 2.44. The highest BCUT2D eigenvalue weighted by Gasteiger charge is 2.47. The largest absolute Gasteiger partial charge is 0.324 e. The lowest BCUT2D eigenvalue weighted by Gasteiger charge is -2.44. The van der Waals surface area contributed by atoms with Crippen LogP contribution in [0, 0.1) is 5.82 Å². The van der Waals surface area contributed by atoms with Crippen LogP contribution < -0.4 is 5.32 Å². The maximum Gasteiger partial charge on any atom is 0.321 e. The molecule has 2 aromatic carbocycles. The fourth-order valence-electron chi connectivity index (χ4n) is 3.91. The van der Waals surface area contributed by atoms with Gasteiger partial charge in [-0.25, -0.2) is 9.18 Å². The molecule has 29 heavy (non-hydrogen) atoms. The standard InChI is InChI=1S/C21H21ClFN3O2S/c22-16-4-1-3-15(13-16)19(27)26-11-12-29-21(26)7-9-25(10-8-21)20(28)24-18-6-2-5-17(23)14-18/h1-6,13-14H,7-12H2,(H,24,28). The number of piperidine rings is 1. The van der Waals surface area contributed by atoms with Crippen LogP contribution in [0.4, 0.5) is 14.9 Å². The number of nitrogens with one attached hydrogen (secondary N) is 1. The van der Waals surface area contributed by atoms with Gasteiger partial charge in [0.05, 0.1) is 4.87 Å². The lowest BCUT2D eigenvalue weighted by Crippen LogP contribution is -2.54. The summed E-state index contributed by atoms with van der Waals surface area (Å²) in [5.74, 6) is 0.468. The zero-order valence-corrected chi connectivity index (χ0v) is 17.3. The van der Waals surface area contributed by atoms with E-state index in [9.17, 15) is 14.0 Å². The number of hydrogen-bond acceptors (Lipinski definition) is 3. The van der Waals surface area contributed by atoms with Gasteiger partial charge in [0.15, 0.2) is 0 Å². The summed E-state index contributed by atoms with van der Waals surface area (Å²) >= 11 is 7.84. The molecule has 2 heterocycles. The van der Waals surface area contributed by atoms with Crippen LogP contribution in [0.5, 0.6) is 0 Å². The summed E-state index contributed by atoms with van der Waals surface area (Å²) in [6.07, 6.45) is 1.39. The number of urea groups is 1. The molecule has 0 bridgehead atoms. The molecule has 5 nitrogen and oxygen atoms in total. The molecular weight excluding hydrogens is 413 g/mol. The van der Waals surface area contributed by atoms with Crippen LogP contribution >= 0.6 is 23.4 Å². The van der Waals surface area contributed by atoms with E-state index in [4.69, 9.17) is 11.6 Å². The number of likely N-dealkylation sites (tertiary alicyclic amines) is 1. The minimum absolute atomic E-state index is 0.0184. The van der Waals surface area contributed by atoms with Crippen molar-refractivity contribution in [3.8, 4) is 0 Å².